The van der Waals surface area contributed by atoms with E-state index in [4.69, 9.17) is 4.74 Å². The first-order chi connectivity index (χ1) is 7.58. The van der Waals surface area contributed by atoms with Crippen molar-refractivity contribution >= 4 is 31.9 Å². The smallest absolute Gasteiger partial charge is 0.119 e. The van der Waals surface area contributed by atoms with Crippen LogP contribution in [0.4, 0.5) is 0 Å². The molecular formula is C13H18Br2O. The van der Waals surface area contributed by atoms with Gasteiger partial charge in [-0.3, -0.25) is 0 Å². The zero-order valence-corrected chi connectivity index (χ0v) is 13.1. The molecule has 1 aromatic rings. The van der Waals surface area contributed by atoms with E-state index >= 15 is 0 Å². The standard InChI is InChI=1S/C13H18Br2O/c1-4-10(9(2)14)7-11-8-12(16-3)5-6-13(11)15/h5-6,8-10H,4,7H2,1-3H3. The number of halogens is 2. The average molecular weight is 350 g/mol. The molecule has 0 spiro atoms. The molecule has 1 nitrogen and oxygen atoms in total. The van der Waals surface area contributed by atoms with E-state index in [0.717, 1.165) is 12.2 Å². The summed E-state index contributed by atoms with van der Waals surface area (Å²) in [5.74, 6) is 1.58. The van der Waals surface area contributed by atoms with E-state index in [-0.39, 0.29) is 0 Å². The lowest BCUT2D eigenvalue weighted by molar-refractivity contribution is 0.413. The Morgan fingerprint density at radius 2 is 2.06 bits per heavy atom. The van der Waals surface area contributed by atoms with Crippen molar-refractivity contribution in [2.75, 3.05) is 7.11 Å². The molecule has 0 aliphatic heterocycles. The molecule has 0 heterocycles. The number of hydrogen-bond acceptors (Lipinski definition) is 1. The zero-order valence-electron chi connectivity index (χ0n) is 9.97. The molecule has 0 N–H and O–H groups in total. The molecule has 0 saturated heterocycles. The van der Waals surface area contributed by atoms with Crippen LogP contribution in [-0.4, -0.2) is 11.9 Å². The van der Waals surface area contributed by atoms with Crippen LogP contribution in [0.1, 0.15) is 25.8 Å². The third kappa shape index (κ3) is 3.77. The molecule has 90 valence electrons. The topological polar surface area (TPSA) is 9.23 Å². The summed E-state index contributed by atoms with van der Waals surface area (Å²) in [6, 6.07) is 6.15. The third-order valence-electron chi connectivity index (χ3n) is 2.91. The molecular weight excluding hydrogens is 332 g/mol. The van der Waals surface area contributed by atoms with Crippen molar-refractivity contribution < 1.29 is 4.74 Å². The van der Waals surface area contributed by atoms with Gasteiger partial charge in [0, 0.05) is 9.30 Å². The monoisotopic (exact) mass is 348 g/mol. The highest BCUT2D eigenvalue weighted by Gasteiger charge is 2.15. The van der Waals surface area contributed by atoms with Crippen LogP contribution < -0.4 is 4.74 Å². The Bertz CT molecular complexity index is 337. The highest BCUT2D eigenvalue weighted by Crippen LogP contribution is 2.28. The fraction of sp³-hybridized carbons (Fsp3) is 0.538. The van der Waals surface area contributed by atoms with Crippen molar-refractivity contribution in [1.29, 1.82) is 0 Å². The molecule has 16 heavy (non-hydrogen) atoms. The van der Waals surface area contributed by atoms with Crippen molar-refractivity contribution in [3.05, 3.63) is 28.2 Å². The number of rotatable bonds is 5. The van der Waals surface area contributed by atoms with E-state index < -0.39 is 0 Å². The predicted octanol–water partition coefficient (Wildman–Crippen LogP) is 4.81. The quantitative estimate of drug-likeness (QED) is 0.693. The summed E-state index contributed by atoms with van der Waals surface area (Å²) < 4.78 is 6.42. The first-order valence-corrected chi connectivity index (χ1v) is 7.25. The SMILES string of the molecule is CCC(Cc1cc(OC)ccc1Br)C(C)Br. The van der Waals surface area contributed by atoms with Gasteiger partial charge in [-0.1, -0.05) is 52.1 Å². The van der Waals surface area contributed by atoms with Crippen molar-refractivity contribution in [3.8, 4) is 5.75 Å². The van der Waals surface area contributed by atoms with Gasteiger partial charge in [0.15, 0.2) is 0 Å². The number of methoxy groups -OCH3 is 1. The molecule has 0 aliphatic carbocycles. The van der Waals surface area contributed by atoms with Gasteiger partial charge in [0.05, 0.1) is 7.11 Å². The van der Waals surface area contributed by atoms with Crippen molar-refractivity contribution in [1.82, 2.24) is 0 Å². The van der Waals surface area contributed by atoms with E-state index in [1.165, 1.54) is 16.5 Å². The maximum Gasteiger partial charge on any atom is 0.119 e. The van der Waals surface area contributed by atoms with Crippen LogP contribution in [0.3, 0.4) is 0 Å². The predicted molar refractivity (Wildman–Crippen MR) is 76.6 cm³/mol. The van der Waals surface area contributed by atoms with Crippen LogP contribution >= 0.6 is 31.9 Å². The van der Waals surface area contributed by atoms with E-state index in [2.05, 4.69) is 57.8 Å². The normalized spacial score (nSPS) is 14.6. The molecule has 0 radical (unpaired) electrons. The van der Waals surface area contributed by atoms with Crippen molar-refractivity contribution in [2.24, 2.45) is 5.92 Å². The van der Waals surface area contributed by atoms with Crippen molar-refractivity contribution in [2.45, 2.75) is 31.5 Å². The summed E-state index contributed by atoms with van der Waals surface area (Å²) in [5, 5.41) is 0. The largest absolute Gasteiger partial charge is 0.497 e. The number of hydrogen-bond donors (Lipinski definition) is 0. The highest BCUT2D eigenvalue weighted by atomic mass is 79.9. The average Bonchev–Trinajstić information content (AvgIpc) is 2.27. The molecule has 1 aromatic carbocycles. The van der Waals surface area contributed by atoms with Crippen LogP contribution in [0.2, 0.25) is 0 Å². The van der Waals surface area contributed by atoms with Gasteiger partial charge in [0.2, 0.25) is 0 Å². The maximum absolute atomic E-state index is 5.25. The van der Waals surface area contributed by atoms with Gasteiger partial charge >= 0.3 is 0 Å². The Balaban J connectivity index is 2.86. The zero-order chi connectivity index (χ0) is 12.1. The summed E-state index contributed by atoms with van der Waals surface area (Å²) in [7, 11) is 1.71. The van der Waals surface area contributed by atoms with Gasteiger partial charge in [-0.2, -0.15) is 0 Å². The molecule has 2 unspecified atom stereocenters. The molecule has 0 fully saturated rings. The molecule has 0 saturated carbocycles. The van der Waals surface area contributed by atoms with Crippen LogP contribution in [0, 0.1) is 5.92 Å². The highest BCUT2D eigenvalue weighted by molar-refractivity contribution is 9.10. The second kappa shape index (κ2) is 6.65. The van der Waals surface area contributed by atoms with E-state index in [0.29, 0.717) is 10.7 Å². The Kier molecular flexibility index (Phi) is 5.84. The third-order valence-corrected chi connectivity index (χ3v) is 4.43. The summed E-state index contributed by atoms with van der Waals surface area (Å²) in [6.45, 7) is 4.44. The van der Waals surface area contributed by atoms with Gasteiger partial charge in [-0.15, -0.1) is 0 Å². The van der Waals surface area contributed by atoms with Crippen molar-refractivity contribution in [3.63, 3.8) is 0 Å². The summed E-state index contributed by atoms with van der Waals surface area (Å²) in [4.78, 5) is 0.538. The second-order valence-electron chi connectivity index (χ2n) is 4.01. The lowest BCUT2D eigenvalue weighted by Crippen LogP contribution is -2.13. The minimum atomic E-state index is 0.538. The Labute approximate surface area is 115 Å². The van der Waals surface area contributed by atoms with Crippen LogP contribution in [-0.2, 0) is 6.42 Å². The Hall–Kier alpha value is -0.0200. The van der Waals surface area contributed by atoms with E-state index in [1.807, 2.05) is 6.07 Å². The lowest BCUT2D eigenvalue weighted by Gasteiger charge is -2.18. The molecule has 3 heteroatoms. The first kappa shape index (κ1) is 14.0. The first-order valence-electron chi connectivity index (χ1n) is 5.55. The molecule has 0 bridgehead atoms. The Morgan fingerprint density at radius 3 is 2.56 bits per heavy atom. The number of alkyl halides is 1. The lowest BCUT2D eigenvalue weighted by atomic mass is 9.94. The molecule has 2 atom stereocenters. The molecule has 0 aliphatic rings. The second-order valence-corrected chi connectivity index (χ2v) is 6.31. The van der Waals surface area contributed by atoms with Gasteiger partial charge in [0.25, 0.3) is 0 Å². The number of benzene rings is 1. The summed E-state index contributed by atoms with van der Waals surface area (Å²) in [5.41, 5.74) is 1.32. The minimum Gasteiger partial charge on any atom is -0.497 e. The molecule has 1 rings (SSSR count). The van der Waals surface area contributed by atoms with Gasteiger partial charge in [0.1, 0.15) is 5.75 Å². The van der Waals surface area contributed by atoms with Crippen LogP contribution in [0.25, 0.3) is 0 Å². The fourth-order valence-corrected chi connectivity index (χ4v) is 2.72. The van der Waals surface area contributed by atoms with E-state index in [9.17, 15) is 0 Å². The summed E-state index contributed by atoms with van der Waals surface area (Å²) in [6.07, 6.45) is 2.25. The summed E-state index contributed by atoms with van der Waals surface area (Å²) >= 11 is 7.27. The van der Waals surface area contributed by atoms with Gasteiger partial charge in [-0.05, 0) is 36.1 Å². The molecule has 0 amide bonds. The number of ether oxygens (including phenoxy) is 1. The minimum absolute atomic E-state index is 0.538. The Morgan fingerprint density at radius 1 is 1.38 bits per heavy atom. The van der Waals surface area contributed by atoms with Crippen LogP contribution in [0.15, 0.2) is 22.7 Å². The van der Waals surface area contributed by atoms with E-state index in [1.54, 1.807) is 7.11 Å². The maximum atomic E-state index is 5.25. The van der Waals surface area contributed by atoms with Gasteiger partial charge < -0.3 is 4.74 Å². The van der Waals surface area contributed by atoms with Gasteiger partial charge in [-0.25, -0.2) is 0 Å². The van der Waals surface area contributed by atoms with Crippen LogP contribution in [0.5, 0.6) is 5.75 Å². The fourth-order valence-electron chi connectivity index (χ4n) is 1.75. The molecule has 0 aromatic heterocycles.